The first kappa shape index (κ1) is 28.1. The predicted molar refractivity (Wildman–Crippen MR) is 148 cm³/mol. The van der Waals surface area contributed by atoms with Crippen LogP contribution in [-0.4, -0.2) is 68.1 Å². The normalized spacial score (nSPS) is 14.3. The van der Waals surface area contributed by atoms with Crippen LogP contribution in [0.5, 0.6) is 5.75 Å². The van der Waals surface area contributed by atoms with Crippen molar-refractivity contribution in [3.8, 4) is 16.9 Å². The molecule has 13 heteroatoms. The number of nitrogens with one attached hydrogen (secondary N) is 1. The van der Waals surface area contributed by atoms with Crippen LogP contribution in [0.1, 0.15) is 49.7 Å². The maximum atomic E-state index is 13.2. The zero-order valence-corrected chi connectivity index (χ0v) is 24.2. The highest BCUT2D eigenvalue weighted by Crippen LogP contribution is 2.36. The van der Waals surface area contributed by atoms with E-state index in [0.29, 0.717) is 45.9 Å². The van der Waals surface area contributed by atoms with Gasteiger partial charge < -0.3 is 14.4 Å². The van der Waals surface area contributed by atoms with E-state index in [4.69, 9.17) is 21.1 Å². The molecule has 0 aliphatic carbocycles. The number of pyridine rings is 2. The minimum Gasteiger partial charge on any atom is -0.494 e. The number of ether oxygens (including phenoxy) is 2. The largest absolute Gasteiger partial charge is 0.494 e. The van der Waals surface area contributed by atoms with Gasteiger partial charge in [0.2, 0.25) is 5.13 Å². The van der Waals surface area contributed by atoms with Crippen LogP contribution in [0, 0.1) is 6.92 Å². The summed E-state index contributed by atoms with van der Waals surface area (Å²) in [4.78, 5) is 35.6. The summed E-state index contributed by atoms with van der Waals surface area (Å²) in [6, 6.07) is 3.45. The number of aryl methyl sites for hydroxylation is 1. The van der Waals surface area contributed by atoms with Gasteiger partial charge in [0.15, 0.2) is 4.34 Å². The van der Waals surface area contributed by atoms with Crippen molar-refractivity contribution < 1.29 is 19.1 Å². The number of aromatic nitrogens is 4. The number of rotatable bonds is 6. The van der Waals surface area contributed by atoms with E-state index in [0.717, 1.165) is 22.9 Å². The van der Waals surface area contributed by atoms with Crippen molar-refractivity contribution in [2.45, 2.75) is 55.7 Å². The number of amides is 2. The van der Waals surface area contributed by atoms with Crippen LogP contribution >= 0.6 is 34.7 Å². The fourth-order valence-electron chi connectivity index (χ4n) is 3.85. The number of thioether (sulfide) groups is 1. The zero-order chi connectivity index (χ0) is 27.4. The van der Waals surface area contributed by atoms with Crippen LogP contribution in [0.3, 0.4) is 0 Å². The van der Waals surface area contributed by atoms with Gasteiger partial charge in [0.1, 0.15) is 16.5 Å². The van der Waals surface area contributed by atoms with Crippen LogP contribution in [0.4, 0.5) is 9.93 Å². The Labute approximate surface area is 234 Å². The van der Waals surface area contributed by atoms with Gasteiger partial charge in [-0.2, -0.15) is 0 Å². The Morgan fingerprint density at radius 2 is 1.87 bits per heavy atom. The molecule has 1 aliphatic heterocycles. The molecule has 4 rings (SSSR count). The minimum absolute atomic E-state index is 0.279. The maximum Gasteiger partial charge on any atom is 0.410 e. The molecule has 3 aromatic rings. The fourth-order valence-corrected chi connectivity index (χ4v) is 6.14. The first-order valence-electron chi connectivity index (χ1n) is 12.0. The lowest BCUT2D eigenvalue weighted by Crippen LogP contribution is -2.42. The molecule has 202 valence electrons. The third kappa shape index (κ3) is 7.12. The van der Waals surface area contributed by atoms with Crippen molar-refractivity contribution in [1.82, 2.24) is 25.1 Å². The van der Waals surface area contributed by atoms with Crippen LogP contribution in [-0.2, 0) is 4.74 Å². The number of likely N-dealkylation sites (tertiary alicyclic amines) is 1. The molecule has 4 heterocycles. The third-order valence-corrected chi connectivity index (χ3v) is 8.08. The van der Waals surface area contributed by atoms with E-state index < -0.39 is 5.60 Å². The zero-order valence-electron chi connectivity index (χ0n) is 21.8. The molecule has 1 N–H and O–H groups in total. The number of anilines is 1. The summed E-state index contributed by atoms with van der Waals surface area (Å²) in [7, 11) is 1.53. The Balaban J connectivity index is 1.41. The Morgan fingerprint density at radius 3 is 2.55 bits per heavy atom. The van der Waals surface area contributed by atoms with E-state index in [-0.39, 0.29) is 17.2 Å². The second kappa shape index (κ2) is 11.8. The van der Waals surface area contributed by atoms with Crippen LogP contribution < -0.4 is 10.1 Å². The first-order valence-corrected chi connectivity index (χ1v) is 14.1. The highest BCUT2D eigenvalue weighted by molar-refractivity contribution is 8.01. The Kier molecular flexibility index (Phi) is 8.74. The average Bonchev–Trinajstić information content (AvgIpc) is 3.29. The average molecular weight is 577 g/mol. The number of piperidine rings is 1. The Morgan fingerprint density at radius 1 is 1.13 bits per heavy atom. The van der Waals surface area contributed by atoms with Gasteiger partial charge in [-0.25, -0.2) is 9.78 Å². The number of carbonyl (C=O) groups excluding carboxylic acids is 2. The van der Waals surface area contributed by atoms with Gasteiger partial charge in [-0.1, -0.05) is 34.7 Å². The van der Waals surface area contributed by atoms with Gasteiger partial charge in [0.05, 0.1) is 18.9 Å². The number of hydrogen-bond donors (Lipinski definition) is 1. The number of carbonyl (C=O) groups is 2. The van der Waals surface area contributed by atoms with Crippen LogP contribution in [0.2, 0.25) is 5.15 Å². The summed E-state index contributed by atoms with van der Waals surface area (Å²) in [5.74, 6) is 0.113. The SMILES string of the molecule is COc1cnc(Cl)cc1-c1cc(C)ncc1C(=O)Nc1nnc(SC2CCN(C(=O)OC(C)(C)C)CC2)s1. The first-order chi connectivity index (χ1) is 18.0. The molecule has 10 nitrogen and oxygen atoms in total. The van der Waals surface area contributed by atoms with Gasteiger partial charge in [0.25, 0.3) is 5.91 Å². The van der Waals surface area contributed by atoms with E-state index in [1.54, 1.807) is 28.8 Å². The van der Waals surface area contributed by atoms with Crippen molar-refractivity contribution in [1.29, 1.82) is 0 Å². The summed E-state index contributed by atoms with van der Waals surface area (Å²) in [5.41, 5.74) is 1.82. The molecule has 3 aromatic heterocycles. The second-order valence-corrected chi connectivity index (χ2v) is 12.6. The standard InChI is InChI=1S/C25H29ClN6O4S2/c1-14-10-16(17-11-20(26)28-13-19(17)35-5)18(12-27-14)21(33)29-22-30-31-23(38-22)37-15-6-8-32(9-7-15)24(34)36-25(2,3)4/h10-13,15H,6-9H2,1-5H3,(H,29,30,33). The van der Waals surface area contributed by atoms with Crippen molar-refractivity contribution in [2.75, 3.05) is 25.5 Å². The molecule has 0 saturated carbocycles. The summed E-state index contributed by atoms with van der Waals surface area (Å²) in [6.07, 6.45) is 4.39. The van der Waals surface area contributed by atoms with E-state index in [2.05, 4.69) is 25.5 Å². The molecule has 0 atom stereocenters. The summed E-state index contributed by atoms with van der Waals surface area (Å²) < 4.78 is 11.7. The minimum atomic E-state index is -0.511. The highest BCUT2D eigenvalue weighted by Gasteiger charge is 2.28. The predicted octanol–water partition coefficient (Wildman–Crippen LogP) is 5.71. The molecule has 1 aliphatic rings. The lowest BCUT2D eigenvalue weighted by molar-refractivity contribution is 0.0219. The Bertz CT molecular complexity index is 1320. The molecular formula is C25H29ClN6O4S2. The molecule has 0 aromatic carbocycles. The van der Waals surface area contributed by atoms with Gasteiger partial charge in [0, 0.05) is 41.4 Å². The maximum absolute atomic E-state index is 13.2. The number of halogens is 1. The van der Waals surface area contributed by atoms with Crippen molar-refractivity contribution in [3.63, 3.8) is 0 Å². The third-order valence-electron chi connectivity index (χ3n) is 5.62. The number of hydrogen-bond acceptors (Lipinski definition) is 10. The molecule has 0 radical (unpaired) electrons. The van der Waals surface area contributed by atoms with Gasteiger partial charge in [-0.3, -0.25) is 15.1 Å². The molecule has 1 saturated heterocycles. The second-order valence-electron chi connectivity index (χ2n) is 9.69. The lowest BCUT2D eigenvalue weighted by atomic mass is 10.0. The lowest BCUT2D eigenvalue weighted by Gasteiger charge is -2.32. The quantitative estimate of drug-likeness (QED) is 0.290. The number of methoxy groups -OCH3 is 1. The van der Waals surface area contributed by atoms with Gasteiger partial charge in [-0.05, 0) is 52.7 Å². The monoisotopic (exact) mass is 576 g/mol. The fraction of sp³-hybridized carbons (Fsp3) is 0.440. The molecule has 1 fully saturated rings. The van der Waals surface area contributed by atoms with E-state index in [1.165, 1.54) is 30.8 Å². The van der Waals surface area contributed by atoms with E-state index >= 15 is 0 Å². The van der Waals surface area contributed by atoms with Gasteiger partial charge >= 0.3 is 6.09 Å². The summed E-state index contributed by atoms with van der Waals surface area (Å²) in [6.45, 7) is 8.68. The molecule has 0 spiro atoms. The van der Waals surface area contributed by atoms with E-state index in [1.807, 2.05) is 27.7 Å². The smallest absolute Gasteiger partial charge is 0.410 e. The molecule has 0 unspecified atom stereocenters. The van der Waals surface area contributed by atoms with Crippen molar-refractivity contribution >= 4 is 51.8 Å². The topological polar surface area (TPSA) is 119 Å². The summed E-state index contributed by atoms with van der Waals surface area (Å²) in [5, 5.41) is 12.2. The van der Waals surface area contributed by atoms with Crippen molar-refractivity contribution in [2.24, 2.45) is 0 Å². The summed E-state index contributed by atoms with van der Waals surface area (Å²) >= 11 is 9.04. The number of nitrogens with zero attached hydrogens (tertiary/aromatic N) is 5. The molecular weight excluding hydrogens is 548 g/mol. The Hall–Kier alpha value is -2.96. The van der Waals surface area contributed by atoms with Gasteiger partial charge in [-0.15, -0.1) is 10.2 Å². The molecule has 0 bridgehead atoms. The van der Waals surface area contributed by atoms with Crippen LogP contribution in [0.15, 0.2) is 28.9 Å². The van der Waals surface area contributed by atoms with E-state index in [9.17, 15) is 9.59 Å². The highest BCUT2D eigenvalue weighted by atomic mass is 35.5. The van der Waals surface area contributed by atoms with Crippen molar-refractivity contribution in [3.05, 3.63) is 40.9 Å². The molecule has 2 amide bonds. The molecule has 38 heavy (non-hydrogen) atoms. The van der Waals surface area contributed by atoms with Crippen LogP contribution in [0.25, 0.3) is 11.1 Å².